The first-order valence-electron chi connectivity index (χ1n) is 8.93. The Labute approximate surface area is 200 Å². The first-order valence-corrected chi connectivity index (χ1v) is 11.4. The summed E-state index contributed by atoms with van der Waals surface area (Å²) >= 11 is 0. The molecule has 4 heteroatoms. The normalized spacial score (nSPS) is 14.5. The molecule has 0 heterocycles. The molecule has 0 spiro atoms. The maximum Gasteiger partial charge on any atom is 3.00 e. The summed E-state index contributed by atoms with van der Waals surface area (Å²) in [6, 6.07) is 24.8. The molecule has 0 amide bonds. The predicted octanol–water partition coefficient (Wildman–Crippen LogP) is -0.162. The van der Waals surface area contributed by atoms with Crippen molar-refractivity contribution in [3.05, 3.63) is 89.5 Å². The van der Waals surface area contributed by atoms with Crippen LogP contribution in [0.3, 0.4) is 0 Å². The Morgan fingerprint density at radius 2 is 1.54 bits per heavy atom. The fourth-order valence-corrected chi connectivity index (χ4v) is 5.57. The summed E-state index contributed by atoms with van der Waals surface area (Å²) in [6.45, 7) is 4.81. The molecule has 4 aromatic carbocycles. The molecule has 0 aromatic heterocycles. The number of allylic oxidation sites excluding steroid dienone is 1. The third-order valence-corrected chi connectivity index (χ3v) is 7.00. The van der Waals surface area contributed by atoms with Crippen LogP contribution in [-0.4, -0.2) is 8.80 Å². The summed E-state index contributed by atoms with van der Waals surface area (Å²) in [7, 11) is -0.541. The molecule has 4 aromatic rings. The molecule has 1 aliphatic rings. The molecular weight excluding hydrogens is 478 g/mol. The summed E-state index contributed by atoms with van der Waals surface area (Å²) < 4.78 is 0. The molecule has 0 N–H and O–H groups in total. The van der Waals surface area contributed by atoms with E-state index in [4.69, 9.17) is 0 Å². The van der Waals surface area contributed by atoms with E-state index in [2.05, 4.69) is 92.0 Å². The molecule has 2 radical (unpaired) electrons. The van der Waals surface area contributed by atoms with Crippen LogP contribution in [0.2, 0.25) is 13.1 Å². The van der Waals surface area contributed by atoms with Gasteiger partial charge in [-0.25, -0.2) is 0 Å². The SMILES string of the molecule is C[Si](C)c1ccc2c([cH-]c3ccccc32)c1C1C=Cc2ccccc21.[Cl-].[Cl-].[Zr+3]. The van der Waals surface area contributed by atoms with Gasteiger partial charge >= 0.3 is 26.2 Å². The van der Waals surface area contributed by atoms with Crippen molar-refractivity contribution >= 4 is 41.6 Å². The van der Waals surface area contributed by atoms with E-state index in [1.807, 2.05) is 0 Å². The van der Waals surface area contributed by atoms with Crippen molar-refractivity contribution in [1.82, 2.24) is 0 Å². The molecular formula is C24H20Cl2SiZr. The largest absolute Gasteiger partial charge is 3.00 e. The first-order chi connectivity index (χ1) is 12.2. The van der Waals surface area contributed by atoms with Crippen LogP contribution in [0.15, 0.2) is 72.8 Å². The number of hydrogen-bond donors (Lipinski definition) is 0. The second kappa shape index (κ2) is 9.18. The Hall–Kier alpha value is -1.05. The summed E-state index contributed by atoms with van der Waals surface area (Å²) in [6.07, 6.45) is 4.69. The quantitative estimate of drug-likeness (QED) is 0.266. The van der Waals surface area contributed by atoms with Gasteiger partial charge < -0.3 is 24.8 Å². The van der Waals surface area contributed by atoms with E-state index in [0.29, 0.717) is 5.92 Å². The molecule has 0 fully saturated rings. The van der Waals surface area contributed by atoms with E-state index in [9.17, 15) is 0 Å². The second-order valence-electron chi connectivity index (χ2n) is 7.19. The van der Waals surface area contributed by atoms with Crippen molar-refractivity contribution in [3.63, 3.8) is 0 Å². The van der Waals surface area contributed by atoms with E-state index in [0.717, 1.165) is 0 Å². The summed E-state index contributed by atoms with van der Waals surface area (Å²) in [5.74, 6) is 0.381. The van der Waals surface area contributed by atoms with Gasteiger partial charge in [-0.1, -0.05) is 90.6 Å². The van der Waals surface area contributed by atoms with Gasteiger partial charge in [0.15, 0.2) is 0 Å². The summed E-state index contributed by atoms with van der Waals surface area (Å²) in [5.41, 5.74) is 4.35. The van der Waals surface area contributed by atoms with E-state index < -0.39 is 8.80 Å². The summed E-state index contributed by atoms with van der Waals surface area (Å²) in [4.78, 5) is 0. The van der Waals surface area contributed by atoms with Crippen molar-refractivity contribution in [2.75, 3.05) is 0 Å². The van der Waals surface area contributed by atoms with Crippen LogP contribution < -0.4 is 30.0 Å². The summed E-state index contributed by atoms with van der Waals surface area (Å²) in [5, 5.41) is 7.14. The van der Waals surface area contributed by atoms with Gasteiger partial charge in [-0.2, -0.15) is 0 Å². The van der Waals surface area contributed by atoms with E-state index in [-0.39, 0.29) is 51.0 Å². The number of benzene rings is 3. The molecule has 0 aliphatic heterocycles. The van der Waals surface area contributed by atoms with Gasteiger partial charge in [0.2, 0.25) is 0 Å². The number of fused-ring (bicyclic) bond motifs is 4. The van der Waals surface area contributed by atoms with Crippen LogP contribution in [0.1, 0.15) is 22.6 Å². The molecule has 28 heavy (non-hydrogen) atoms. The topological polar surface area (TPSA) is 0 Å². The van der Waals surface area contributed by atoms with Gasteiger partial charge in [-0.15, -0.1) is 33.7 Å². The Balaban J connectivity index is 0.000000934. The van der Waals surface area contributed by atoms with Gasteiger partial charge in [-0.05, 0) is 11.1 Å². The van der Waals surface area contributed by atoms with Gasteiger partial charge in [0, 0.05) is 5.92 Å². The van der Waals surface area contributed by atoms with Crippen LogP contribution in [0.5, 0.6) is 0 Å². The Morgan fingerprint density at radius 1 is 0.821 bits per heavy atom. The average Bonchev–Trinajstić information content (AvgIpc) is 3.22. The molecule has 0 nitrogen and oxygen atoms in total. The molecule has 0 saturated heterocycles. The molecule has 1 atom stereocenters. The smallest absolute Gasteiger partial charge is 1.00 e. The van der Waals surface area contributed by atoms with Crippen molar-refractivity contribution in [3.8, 4) is 0 Å². The third-order valence-electron chi connectivity index (χ3n) is 5.49. The maximum absolute atomic E-state index is 2.41. The van der Waals surface area contributed by atoms with E-state index in [1.54, 1.807) is 5.19 Å². The zero-order valence-corrected chi connectivity index (χ0v) is 20.8. The van der Waals surface area contributed by atoms with Crippen molar-refractivity contribution in [2.24, 2.45) is 0 Å². The van der Waals surface area contributed by atoms with Crippen LogP contribution >= 0.6 is 0 Å². The zero-order chi connectivity index (χ0) is 17.0. The predicted molar refractivity (Wildman–Crippen MR) is 111 cm³/mol. The van der Waals surface area contributed by atoms with Crippen LogP contribution in [0, 0.1) is 0 Å². The minimum atomic E-state index is -0.541. The molecule has 1 aliphatic carbocycles. The Bertz CT molecular complexity index is 1140. The van der Waals surface area contributed by atoms with Crippen molar-refractivity contribution < 1.29 is 51.0 Å². The Morgan fingerprint density at radius 3 is 2.32 bits per heavy atom. The maximum atomic E-state index is 2.41. The molecule has 138 valence electrons. The van der Waals surface area contributed by atoms with Crippen molar-refractivity contribution in [1.29, 1.82) is 0 Å². The molecule has 0 bridgehead atoms. The number of rotatable bonds is 2. The minimum absolute atomic E-state index is 0. The van der Waals surface area contributed by atoms with Crippen LogP contribution in [0.25, 0.3) is 27.6 Å². The van der Waals surface area contributed by atoms with E-state index in [1.165, 1.54) is 38.2 Å². The fraction of sp³-hybridized carbons (Fsp3) is 0.125. The van der Waals surface area contributed by atoms with Gasteiger partial charge in [0.05, 0.1) is 8.80 Å². The minimum Gasteiger partial charge on any atom is -1.00 e. The molecule has 1 unspecified atom stereocenters. The second-order valence-corrected chi connectivity index (χ2v) is 9.72. The number of hydrogen-bond acceptors (Lipinski definition) is 0. The third kappa shape index (κ3) is 3.61. The van der Waals surface area contributed by atoms with Gasteiger partial charge in [0.25, 0.3) is 0 Å². The zero-order valence-electron chi connectivity index (χ0n) is 15.8. The molecule has 0 saturated carbocycles. The first kappa shape index (κ1) is 23.2. The fourth-order valence-electron chi connectivity index (χ4n) is 4.32. The van der Waals surface area contributed by atoms with Crippen LogP contribution in [0.4, 0.5) is 0 Å². The molecule has 5 rings (SSSR count). The standard InChI is InChI=1S/C24H20Si.2ClH.Zr/c1-25(2)23-14-13-20-19-10-6-4-8-17(19)15-22(20)24(23)21-12-11-16-7-3-5-9-18(16)21;;;/h3-15,21H,1-2H3;2*1H;/q-1;;;+3/p-2. The number of halogens is 2. The average molecular weight is 499 g/mol. The van der Waals surface area contributed by atoms with Crippen molar-refractivity contribution in [2.45, 2.75) is 19.0 Å². The van der Waals surface area contributed by atoms with Crippen LogP contribution in [-0.2, 0) is 26.2 Å². The van der Waals surface area contributed by atoms with Gasteiger partial charge in [0.1, 0.15) is 0 Å². The Kier molecular flexibility index (Phi) is 7.62. The van der Waals surface area contributed by atoms with Gasteiger partial charge in [-0.3, -0.25) is 0 Å². The van der Waals surface area contributed by atoms with E-state index >= 15 is 0 Å². The monoisotopic (exact) mass is 496 g/mol.